The smallest absolute Gasteiger partial charge is 0.233 e. The molecule has 88 valence electrons. The van der Waals surface area contributed by atoms with Crippen molar-refractivity contribution in [3.63, 3.8) is 0 Å². The van der Waals surface area contributed by atoms with Crippen LogP contribution in [0.3, 0.4) is 0 Å². The summed E-state index contributed by atoms with van der Waals surface area (Å²) in [6.45, 7) is 3.61. The van der Waals surface area contributed by atoms with Crippen molar-refractivity contribution in [1.29, 1.82) is 0 Å². The van der Waals surface area contributed by atoms with E-state index >= 15 is 0 Å². The summed E-state index contributed by atoms with van der Waals surface area (Å²) in [4.78, 5) is 22.0. The SMILES string of the molecule is CCCCNC(=O)CNCCC(=O)NC. The fraction of sp³-hybridized carbons (Fsp3) is 0.800. The predicted octanol–water partition coefficient (Wildman–Crippen LogP) is -0.372. The number of nitrogens with one attached hydrogen (secondary N) is 3. The summed E-state index contributed by atoms with van der Waals surface area (Å²) in [5.74, 6) is -0.0331. The third-order valence-corrected chi connectivity index (χ3v) is 1.95. The predicted molar refractivity (Wildman–Crippen MR) is 59.5 cm³/mol. The molecule has 0 unspecified atom stereocenters. The molecule has 0 bridgehead atoms. The van der Waals surface area contributed by atoms with Gasteiger partial charge in [0.2, 0.25) is 11.8 Å². The Labute approximate surface area is 91.0 Å². The van der Waals surface area contributed by atoms with Crippen molar-refractivity contribution in [2.24, 2.45) is 0 Å². The quantitative estimate of drug-likeness (QED) is 0.484. The zero-order chi connectivity index (χ0) is 11.5. The van der Waals surface area contributed by atoms with Gasteiger partial charge >= 0.3 is 0 Å². The van der Waals surface area contributed by atoms with Gasteiger partial charge in [0.1, 0.15) is 0 Å². The molecule has 0 atom stereocenters. The van der Waals surface area contributed by atoms with E-state index in [1.165, 1.54) is 0 Å². The van der Waals surface area contributed by atoms with Crippen molar-refractivity contribution in [3.8, 4) is 0 Å². The van der Waals surface area contributed by atoms with Crippen molar-refractivity contribution < 1.29 is 9.59 Å². The second-order valence-electron chi connectivity index (χ2n) is 3.30. The summed E-state index contributed by atoms with van der Waals surface area (Å²) in [6.07, 6.45) is 2.48. The van der Waals surface area contributed by atoms with E-state index in [0.29, 0.717) is 13.0 Å². The van der Waals surface area contributed by atoms with Crippen molar-refractivity contribution in [2.45, 2.75) is 26.2 Å². The molecule has 3 N–H and O–H groups in total. The van der Waals surface area contributed by atoms with Gasteiger partial charge in [-0.15, -0.1) is 0 Å². The molecule has 0 aromatic carbocycles. The fourth-order valence-corrected chi connectivity index (χ4v) is 0.996. The van der Waals surface area contributed by atoms with E-state index < -0.39 is 0 Å². The van der Waals surface area contributed by atoms with E-state index in [4.69, 9.17) is 0 Å². The van der Waals surface area contributed by atoms with Gasteiger partial charge in [-0.1, -0.05) is 13.3 Å². The van der Waals surface area contributed by atoms with Crippen molar-refractivity contribution in [3.05, 3.63) is 0 Å². The van der Waals surface area contributed by atoms with E-state index in [9.17, 15) is 9.59 Å². The highest BCUT2D eigenvalue weighted by atomic mass is 16.2. The molecule has 5 nitrogen and oxygen atoms in total. The van der Waals surface area contributed by atoms with Crippen LogP contribution in [0.25, 0.3) is 0 Å². The Bertz CT molecular complexity index is 195. The summed E-state index contributed by atoms with van der Waals surface area (Å²) < 4.78 is 0. The van der Waals surface area contributed by atoms with Gasteiger partial charge in [-0.3, -0.25) is 9.59 Å². The Morgan fingerprint density at radius 2 is 1.87 bits per heavy atom. The molecule has 5 heteroatoms. The van der Waals surface area contributed by atoms with E-state index in [2.05, 4.69) is 22.9 Å². The number of carbonyl (C=O) groups excluding carboxylic acids is 2. The standard InChI is InChI=1S/C10H21N3O2/c1-3-4-6-13-10(15)8-12-7-5-9(14)11-2/h12H,3-8H2,1-2H3,(H,11,14)(H,13,15). The molecule has 0 aromatic heterocycles. The highest BCUT2D eigenvalue weighted by Crippen LogP contribution is 1.82. The van der Waals surface area contributed by atoms with Crippen molar-refractivity contribution >= 4 is 11.8 Å². The molecule has 0 aliphatic carbocycles. The molecule has 0 saturated heterocycles. The summed E-state index contributed by atoms with van der Waals surface area (Å²) in [5.41, 5.74) is 0. The first kappa shape index (κ1) is 13.9. The molecule has 0 aliphatic heterocycles. The van der Waals surface area contributed by atoms with Crippen molar-refractivity contribution in [1.82, 2.24) is 16.0 Å². The lowest BCUT2D eigenvalue weighted by molar-refractivity contribution is -0.122. The average Bonchev–Trinajstić information content (AvgIpc) is 2.24. The number of unbranched alkanes of at least 4 members (excludes halogenated alkanes) is 1. The maximum Gasteiger partial charge on any atom is 0.233 e. The van der Waals surface area contributed by atoms with Gasteiger partial charge in [-0.05, 0) is 6.42 Å². The number of rotatable bonds is 8. The van der Waals surface area contributed by atoms with Crippen LogP contribution in [-0.2, 0) is 9.59 Å². The molecule has 0 heterocycles. The number of hydrogen-bond donors (Lipinski definition) is 3. The minimum absolute atomic E-state index is 0.0136. The van der Waals surface area contributed by atoms with Gasteiger partial charge in [0.05, 0.1) is 6.54 Å². The summed E-state index contributed by atoms with van der Waals surface area (Å²) in [6, 6.07) is 0. The van der Waals surface area contributed by atoms with E-state index in [1.807, 2.05) is 0 Å². The molecule has 0 fully saturated rings. The summed E-state index contributed by atoms with van der Waals surface area (Å²) in [5, 5.41) is 8.20. The van der Waals surface area contributed by atoms with Crippen LogP contribution in [0.4, 0.5) is 0 Å². The maximum absolute atomic E-state index is 11.2. The van der Waals surface area contributed by atoms with Crippen LogP contribution >= 0.6 is 0 Å². The van der Waals surface area contributed by atoms with Gasteiger partial charge in [0.25, 0.3) is 0 Å². The van der Waals surface area contributed by atoms with Gasteiger partial charge < -0.3 is 16.0 Å². The zero-order valence-corrected chi connectivity index (χ0v) is 9.56. The summed E-state index contributed by atoms with van der Waals surface area (Å²) in [7, 11) is 1.60. The summed E-state index contributed by atoms with van der Waals surface area (Å²) >= 11 is 0. The van der Waals surface area contributed by atoms with Crippen LogP contribution in [-0.4, -0.2) is 38.5 Å². The first-order valence-electron chi connectivity index (χ1n) is 5.38. The first-order valence-corrected chi connectivity index (χ1v) is 5.38. The number of carbonyl (C=O) groups is 2. The minimum Gasteiger partial charge on any atom is -0.359 e. The second kappa shape index (κ2) is 9.45. The Hall–Kier alpha value is -1.10. The normalized spacial score (nSPS) is 9.73. The molecule has 0 radical (unpaired) electrons. The molecule has 0 aromatic rings. The van der Waals surface area contributed by atoms with Crippen LogP contribution in [0.15, 0.2) is 0 Å². The molecular weight excluding hydrogens is 194 g/mol. The highest BCUT2D eigenvalue weighted by molar-refractivity contribution is 5.78. The van der Waals surface area contributed by atoms with Crippen LogP contribution < -0.4 is 16.0 Å². The van der Waals surface area contributed by atoms with E-state index in [0.717, 1.165) is 19.4 Å². The minimum atomic E-state index is -0.0195. The lowest BCUT2D eigenvalue weighted by Crippen LogP contribution is -2.35. The number of hydrogen-bond acceptors (Lipinski definition) is 3. The molecule has 0 aliphatic rings. The lowest BCUT2D eigenvalue weighted by Gasteiger charge is -2.05. The van der Waals surface area contributed by atoms with Gasteiger partial charge in [0, 0.05) is 26.6 Å². The van der Waals surface area contributed by atoms with Gasteiger partial charge in [-0.2, -0.15) is 0 Å². The maximum atomic E-state index is 11.2. The lowest BCUT2D eigenvalue weighted by atomic mass is 10.3. The fourth-order valence-electron chi connectivity index (χ4n) is 0.996. The monoisotopic (exact) mass is 215 g/mol. The van der Waals surface area contributed by atoms with E-state index in [-0.39, 0.29) is 18.4 Å². The van der Waals surface area contributed by atoms with Crippen LogP contribution in [0.5, 0.6) is 0 Å². The molecule has 0 rings (SSSR count). The third-order valence-electron chi connectivity index (χ3n) is 1.95. The van der Waals surface area contributed by atoms with Gasteiger partial charge in [0.15, 0.2) is 0 Å². The first-order chi connectivity index (χ1) is 7.20. The van der Waals surface area contributed by atoms with Crippen LogP contribution in [0.1, 0.15) is 26.2 Å². The topological polar surface area (TPSA) is 70.2 Å². The van der Waals surface area contributed by atoms with E-state index in [1.54, 1.807) is 7.05 Å². The molecular formula is C10H21N3O2. The van der Waals surface area contributed by atoms with Crippen LogP contribution in [0, 0.1) is 0 Å². The van der Waals surface area contributed by atoms with Crippen molar-refractivity contribution in [2.75, 3.05) is 26.7 Å². The second-order valence-corrected chi connectivity index (χ2v) is 3.30. The Morgan fingerprint density at radius 1 is 1.13 bits per heavy atom. The third kappa shape index (κ3) is 9.21. The molecule has 2 amide bonds. The average molecular weight is 215 g/mol. The zero-order valence-electron chi connectivity index (χ0n) is 9.56. The largest absolute Gasteiger partial charge is 0.359 e. The molecule has 0 saturated carbocycles. The Morgan fingerprint density at radius 3 is 2.47 bits per heavy atom. The Balaban J connectivity index is 3.27. The van der Waals surface area contributed by atoms with Crippen LogP contribution in [0.2, 0.25) is 0 Å². The highest BCUT2D eigenvalue weighted by Gasteiger charge is 2.00. The number of amides is 2. The Kier molecular flexibility index (Phi) is 8.76. The molecule has 0 spiro atoms. The molecule has 15 heavy (non-hydrogen) atoms. The van der Waals surface area contributed by atoms with Gasteiger partial charge in [-0.25, -0.2) is 0 Å².